The zero-order chi connectivity index (χ0) is 23.3. The Bertz CT molecular complexity index is 1240. The Labute approximate surface area is 191 Å². The van der Waals surface area contributed by atoms with Crippen molar-refractivity contribution >= 4 is 38.1 Å². The van der Waals surface area contributed by atoms with Gasteiger partial charge in [-0.25, -0.2) is 18.1 Å². The molecule has 0 atom stereocenters. The van der Waals surface area contributed by atoms with E-state index < -0.39 is 15.9 Å². The van der Waals surface area contributed by atoms with Crippen LogP contribution in [0.25, 0.3) is 0 Å². The van der Waals surface area contributed by atoms with Crippen LogP contribution in [0.4, 0.5) is 10.8 Å². The number of anilines is 2. The molecule has 10 heteroatoms. The molecule has 0 fully saturated rings. The number of aryl methyl sites for hydroxylation is 1. The molecule has 166 valence electrons. The van der Waals surface area contributed by atoms with Gasteiger partial charge in [-0.1, -0.05) is 12.1 Å². The zero-order valence-corrected chi connectivity index (χ0v) is 19.5. The van der Waals surface area contributed by atoms with Gasteiger partial charge in [0.1, 0.15) is 11.4 Å². The van der Waals surface area contributed by atoms with Gasteiger partial charge in [0.05, 0.1) is 25.0 Å². The van der Waals surface area contributed by atoms with Crippen molar-refractivity contribution in [3.05, 3.63) is 70.2 Å². The topological polar surface area (TPSA) is 112 Å². The van der Waals surface area contributed by atoms with Gasteiger partial charge in [-0.15, -0.1) is 11.3 Å². The molecule has 2 aromatic carbocycles. The summed E-state index contributed by atoms with van der Waals surface area (Å²) in [5.74, 6) is 0.0113. The van der Waals surface area contributed by atoms with Crippen LogP contribution in [0.1, 0.15) is 26.5 Å². The lowest BCUT2D eigenvalue weighted by molar-refractivity contribution is 0.0977. The maximum Gasteiger partial charge on any atom is 0.284 e. The highest BCUT2D eigenvalue weighted by molar-refractivity contribution is 7.89. The quantitative estimate of drug-likeness (QED) is 0.537. The summed E-state index contributed by atoms with van der Waals surface area (Å²) in [6, 6.07) is 16.9. The molecule has 0 spiro atoms. The first-order valence-corrected chi connectivity index (χ1v) is 12.3. The van der Waals surface area contributed by atoms with Gasteiger partial charge in [0.2, 0.25) is 10.0 Å². The van der Waals surface area contributed by atoms with Gasteiger partial charge in [-0.05, 0) is 55.3 Å². The molecule has 1 aromatic heterocycles. The molecule has 0 saturated heterocycles. The monoisotopic (exact) mass is 470 g/mol. The molecule has 0 saturated carbocycles. The van der Waals surface area contributed by atoms with E-state index >= 15 is 0 Å². The highest BCUT2D eigenvalue weighted by Crippen LogP contribution is 2.32. The number of carbonyl (C=O) groups is 1. The number of hydrogen-bond donors (Lipinski definition) is 1. The summed E-state index contributed by atoms with van der Waals surface area (Å²) >= 11 is 1.30. The number of sulfonamides is 1. The van der Waals surface area contributed by atoms with Gasteiger partial charge >= 0.3 is 0 Å². The van der Waals surface area contributed by atoms with Crippen molar-refractivity contribution in [1.82, 2.24) is 9.71 Å². The molecule has 1 amide bonds. The normalized spacial score (nSPS) is 10.9. The maximum absolute atomic E-state index is 12.4. The number of ether oxygens (including phenoxy) is 1. The molecule has 0 aliphatic heterocycles. The number of methoxy groups -OCH3 is 1. The minimum atomic E-state index is -3.70. The highest BCUT2D eigenvalue weighted by Gasteiger charge is 2.22. The molecule has 1 N–H and O–H groups in total. The fourth-order valence-corrected chi connectivity index (χ4v) is 4.40. The van der Waals surface area contributed by atoms with Crippen LogP contribution in [-0.2, 0) is 16.4 Å². The summed E-state index contributed by atoms with van der Waals surface area (Å²) in [5, 5.41) is 9.65. The lowest BCUT2D eigenvalue weighted by atomic mass is 10.1. The van der Waals surface area contributed by atoms with Gasteiger partial charge < -0.3 is 9.64 Å². The lowest BCUT2D eigenvalue weighted by Gasteiger charge is -2.22. The second-order valence-corrected chi connectivity index (χ2v) is 9.94. The van der Waals surface area contributed by atoms with Crippen LogP contribution in [0.15, 0.2) is 48.5 Å². The molecule has 3 rings (SSSR count). The number of nitriles is 1. The Balaban J connectivity index is 1.92. The van der Waals surface area contributed by atoms with Crippen LogP contribution in [0.3, 0.4) is 0 Å². The number of benzene rings is 2. The van der Waals surface area contributed by atoms with Crippen molar-refractivity contribution in [1.29, 1.82) is 5.26 Å². The van der Waals surface area contributed by atoms with Crippen molar-refractivity contribution in [2.75, 3.05) is 24.8 Å². The van der Waals surface area contributed by atoms with E-state index in [4.69, 9.17) is 10.00 Å². The summed E-state index contributed by atoms with van der Waals surface area (Å²) < 4.78 is 30.1. The minimum absolute atomic E-state index is 0.0681. The number of rotatable bonds is 8. The third-order valence-electron chi connectivity index (χ3n) is 4.60. The first-order valence-electron chi connectivity index (χ1n) is 9.60. The van der Waals surface area contributed by atoms with E-state index in [-0.39, 0.29) is 5.69 Å². The second kappa shape index (κ2) is 9.80. The summed E-state index contributed by atoms with van der Waals surface area (Å²) in [7, 11) is -2.09. The van der Waals surface area contributed by atoms with Crippen molar-refractivity contribution in [2.24, 2.45) is 0 Å². The van der Waals surface area contributed by atoms with Crippen LogP contribution in [0.5, 0.6) is 5.75 Å². The average molecular weight is 471 g/mol. The van der Waals surface area contributed by atoms with Crippen LogP contribution >= 0.6 is 11.3 Å². The highest BCUT2D eigenvalue weighted by atomic mass is 32.2. The van der Waals surface area contributed by atoms with Crippen LogP contribution in [0.2, 0.25) is 0 Å². The number of nitrogens with one attached hydrogen (secondary N) is 1. The molecule has 0 radical (unpaired) electrons. The molecule has 0 bridgehead atoms. The van der Waals surface area contributed by atoms with Crippen molar-refractivity contribution in [3.63, 3.8) is 0 Å². The molecule has 0 aliphatic carbocycles. The predicted molar refractivity (Wildman–Crippen MR) is 124 cm³/mol. The first kappa shape index (κ1) is 23.2. The maximum atomic E-state index is 12.4. The van der Waals surface area contributed by atoms with Crippen LogP contribution < -0.4 is 14.4 Å². The summed E-state index contributed by atoms with van der Waals surface area (Å²) in [6.45, 7) is 2.27. The molecular weight excluding hydrogens is 448 g/mol. The molecule has 0 unspecified atom stereocenters. The van der Waals surface area contributed by atoms with Crippen molar-refractivity contribution in [3.8, 4) is 11.8 Å². The summed E-state index contributed by atoms with van der Waals surface area (Å²) in [4.78, 5) is 19.3. The Morgan fingerprint density at radius 1 is 1.19 bits per heavy atom. The lowest BCUT2D eigenvalue weighted by Crippen LogP contribution is -2.30. The Hall–Kier alpha value is -3.42. The van der Waals surface area contributed by atoms with E-state index in [2.05, 4.69) is 11.1 Å². The standard InChI is InChI=1S/C22H22N4O4S2/c1-15-20(21(27)25-32(3,28)29)24-22(31-15)26(18-8-4-17(14-23)5-9-18)13-12-16-6-10-19(30-2)11-7-16/h4-11H,12-13H2,1-3H3,(H,25,27). The third-order valence-corrected chi connectivity index (χ3v) is 6.15. The first-order chi connectivity index (χ1) is 15.2. The van der Waals surface area contributed by atoms with Gasteiger partial charge in [-0.3, -0.25) is 4.79 Å². The van der Waals surface area contributed by atoms with Gasteiger partial charge in [0.25, 0.3) is 5.91 Å². The SMILES string of the molecule is COc1ccc(CCN(c2ccc(C#N)cc2)c2nc(C(=O)NS(C)(=O)=O)c(C)s2)cc1. The molecule has 1 heterocycles. The number of nitrogens with zero attached hydrogens (tertiary/aromatic N) is 3. The zero-order valence-electron chi connectivity index (χ0n) is 17.8. The van der Waals surface area contributed by atoms with Crippen LogP contribution in [0, 0.1) is 18.3 Å². The fraction of sp³-hybridized carbons (Fsp3) is 0.227. The fourth-order valence-electron chi connectivity index (χ4n) is 3.01. The number of hydrogen-bond acceptors (Lipinski definition) is 8. The Morgan fingerprint density at radius 2 is 1.84 bits per heavy atom. The Kier molecular flexibility index (Phi) is 7.12. The molecule has 32 heavy (non-hydrogen) atoms. The number of amides is 1. The molecular formula is C22H22N4O4S2. The summed E-state index contributed by atoms with van der Waals surface area (Å²) in [5.41, 5.74) is 2.50. The van der Waals surface area contributed by atoms with Crippen LogP contribution in [-0.4, -0.2) is 39.2 Å². The van der Waals surface area contributed by atoms with E-state index in [1.54, 1.807) is 26.2 Å². The van der Waals surface area contributed by atoms with Crippen molar-refractivity contribution < 1.29 is 17.9 Å². The van der Waals surface area contributed by atoms with Gasteiger partial charge in [0, 0.05) is 17.1 Å². The summed E-state index contributed by atoms with van der Waals surface area (Å²) in [6.07, 6.45) is 1.61. The van der Waals surface area contributed by atoms with E-state index in [0.717, 1.165) is 23.3 Å². The Morgan fingerprint density at radius 3 is 2.41 bits per heavy atom. The largest absolute Gasteiger partial charge is 0.497 e. The van der Waals surface area contributed by atoms with E-state index in [1.165, 1.54) is 11.3 Å². The second-order valence-electron chi connectivity index (χ2n) is 7.01. The smallest absolute Gasteiger partial charge is 0.284 e. The number of thiazole rings is 1. The van der Waals surface area contributed by atoms with E-state index in [9.17, 15) is 13.2 Å². The van der Waals surface area contributed by atoms with E-state index in [1.807, 2.05) is 46.0 Å². The number of carbonyl (C=O) groups excluding carboxylic acids is 1. The molecule has 8 nitrogen and oxygen atoms in total. The third kappa shape index (κ3) is 5.84. The number of aromatic nitrogens is 1. The van der Waals surface area contributed by atoms with Gasteiger partial charge in [-0.2, -0.15) is 5.26 Å². The van der Waals surface area contributed by atoms with Gasteiger partial charge in [0.15, 0.2) is 5.13 Å². The molecule has 3 aromatic rings. The van der Waals surface area contributed by atoms with E-state index in [0.29, 0.717) is 28.5 Å². The minimum Gasteiger partial charge on any atom is -0.497 e. The van der Waals surface area contributed by atoms with Crippen molar-refractivity contribution in [2.45, 2.75) is 13.3 Å². The predicted octanol–water partition coefficient (Wildman–Crippen LogP) is 3.40. The molecule has 0 aliphatic rings. The average Bonchev–Trinajstić information content (AvgIpc) is 3.15.